The molecule has 1 unspecified atom stereocenters. The van der Waals surface area contributed by atoms with Gasteiger partial charge >= 0.3 is 11.9 Å². The van der Waals surface area contributed by atoms with Crippen LogP contribution in [0.25, 0.3) is 0 Å². The number of hydrogen-bond donors (Lipinski definition) is 3. The fraction of sp³-hybridized carbons (Fsp3) is 0.619. The Hall–Kier alpha value is -2.20. The molecule has 0 spiro atoms. The zero-order valence-corrected chi connectivity index (χ0v) is 18.0. The van der Waals surface area contributed by atoms with E-state index in [2.05, 4.69) is 9.80 Å². The molecule has 1 heterocycles. The predicted octanol–water partition coefficient (Wildman–Crippen LogP) is -0.170. The summed E-state index contributed by atoms with van der Waals surface area (Å²) in [6.07, 6.45) is 0.628. The van der Waals surface area contributed by atoms with E-state index in [9.17, 15) is 19.8 Å². The van der Waals surface area contributed by atoms with E-state index in [0.717, 1.165) is 31.7 Å². The Morgan fingerprint density at radius 1 is 0.900 bits per heavy atom. The van der Waals surface area contributed by atoms with Gasteiger partial charge in [-0.1, -0.05) is 12.1 Å². The SMILES string of the molecule is CN1CCN(C)CCN(CC(=O)O)C(Cc2ccc(N)cc2)CN(CC(=O)O)CC1. The summed E-state index contributed by atoms with van der Waals surface area (Å²) in [5, 5.41) is 18.9. The molecule has 1 aliphatic rings. The van der Waals surface area contributed by atoms with Crippen LogP contribution in [0.1, 0.15) is 5.56 Å². The highest BCUT2D eigenvalue weighted by molar-refractivity contribution is 5.69. The molecule has 9 nitrogen and oxygen atoms in total. The summed E-state index contributed by atoms with van der Waals surface area (Å²) in [5.74, 6) is -1.75. The van der Waals surface area contributed by atoms with Crippen molar-refractivity contribution in [2.45, 2.75) is 12.5 Å². The molecule has 4 N–H and O–H groups in total. The third-order valence-corrected chi connectivity index (χ3v) is 5.56. The van der Waals surface area contributed by atoms with E-state index in [4.69, 9.17) is 5.73 Å². The number of likely N-dealkylation sites (N-methyl/N-ethyl adjacent to an activating group) is 2. The maximum atomic E-state index is 11.6. The van der Waals surface area contributed by atoms with Gasteiger partial charge in [0, 0.05) is 57.5 Å². The second-order valence-corrected chi connectivity index (χ2v) is 8.20. The highest BCUT2D eigenvalue weighted by atomic mass is 16.4. The highest BCUT2D eigenvalue weighted by Gasteiger charge is 2.26. The molecule has 0 aromatic heterocycles. The number of nitrogen functional groups attached to an aromatic ring is 1. The van der Waals surface area contributed by atoms with Crippen molar-refractivity contribution in [1.29, 1.82) is 0 Å². The molecule has 0 radical (unpaired) electrons. The third kappa shape index (κ3) is 8.66. The fourth-order valence-corrected chi connectivity index (χ4v) is 3.70. The molecule has 0 saturated carbocycles. The van der Waals surface area contributed by atoms with E-state index in [1.165, 1.54) is 0 Å². The van der Waals surface area contributed by atoms with Crippen molar-refractivity contribution in [2.24, 2.45) is 0 Å². The van der Waals surface area contributed by atoms with E-state index in [1.807, 2.05) is 48.2 Å². The number of rotatable bonds is 6. The molecule has 1 aliphatic heterocycles. The quantitative estimate of drug-likeness (QED) is 0.539. The number of carboxylic acid groups (broad SMARTS) is 2. The van der Waals surface area contributed by atoms with Crippen LogP contribution in [0.2, 0.25) is 0 Å². The lowest BCUT2D eigenvalue weighted by molar-refractivity contribution is -0.141. The van der Waals surface area contributed by atoms with Gasteiger partial charge in [-0.2, -0.15) is 0 Å². The molecule has 30 heavy (non-hydrogen) atoms. The lowest BCUT2D eigenvalue weighted by Gasteiger charge is -2.37. The van der Waals surface area contributed by atoms with Crippen LogP contribution >= 0.6 is 0 Å². The molecule has 0 bridgehead atoms. The van der Waals surface area contributed by atoms with E-state index in [0.29, 0.717) is 31.7 Å². The Kier molecular flexibility index (Phi) is 9.51. The molecule has 1 fully saturated rings. The summed E-state index contributed by atoms with van der Waals surface area (Å²) < 4.78 is 0. The Labute approximate surface area is 178 Å². The lowest BCUT2D eigenvalue weighted by atomic mass is 10.0. The first kappa shape index (κ1) is 24.1. The van der Waals surface area contributed by atoms with Crippen molar-refractivity contribution in [2.75, 3.05) is 78.7 Å². The van der Waals surface area contributed by atoms with Crippen LogP contribution < -0.4 is 5.73 Å². The Morgan fingerprint density at radius 3 is 2.00 bits per heavy atom. The summed E-state index contributed by atoms with van der Waals surface area (Å²) in [6.45, 7) is 4.83. The van der Waals surface area contributed by atoms with Crippen molar-refractivity contribution in [1.82, 2.24) is 19.6 Å². The monoisotopic (exact) mass is 421 g/mol. The van der Waals surface area contributed by atoms with Gasteiger partial charge < -0.3 is 25.7 Å². The van der Waals surface area contributed by atoms with Gasteiger partial charge in [-0.3, -0.25) is 19.4 Å². The van der Waals surface area contributed by atoms with Crippen molar-refractivity contribution in [3.05, 3.63) is 29.8 Å². The molecule has 9 heteroatoms. The molecule has 2 rings (SSSR count). The molecule has 168 valence electrons. The van der Waals surface area contributed by atoms with Crippen LogP contribution in [-0.4, -0.2) is 121 Å². The van der Waals surface area contributed by atoms with E-state index < -0.39 is 11.9 Å². The Morgan fingerprint density at radius 2 is 1.43 bits per heavy atom. The largest absolute Gasteiger partial charge is 0.480 e. The van der Waals surface area contributed by atoms with Crippen LogP contribution in [0, 0.1) is 0 Å². The van der Waals surface area contributed by atoms with E-state index in [1.54, 1.807) is 0 Å². The second-order valence-electron chi connectivity index (χ2n) is 8.20. The minimum absolute atomic E-state index is 0.0626. The number of carbonyl (C=O) groups is 2. The molecular formula is C21H35N5O4. The smallest absolute Gasteiger partial charge is 0.317 e. The first-order chi connectivity index (χ1) is 14.2. The normalized spacial score (nSPS) is 21.6. The Balaban J connectivity index is 2.29. The van der Waals surface area contributed by atoms with Gasteiger partial charge in [0.2, 0.25) is 0 Å². The summed E-state index contributed by atoms with van der Waals surface area (Å²) in [7, 11) is 4.09. The second kappa shape index (κ2) is 11.8. The summed E-state index contributed by atoms with van der Waals surface area (Å²) in [4.78, 5) is 31.3. The topological polar surface area (TPSA) is 114 Å². The average molecular weight is 422 g/mol. The molecule has 1 atom stereocenters. The van der Waals surface area contributed by atoms with Crippen molar-refractivity contribution < 1.29 is 19.8 Å². The highest BCUT2D eigenvalue weighted by Crippen LogP contribution is 2.14. The van der Waals surface area contributed by atoms with Gasteiger partial charge in [-0.15, -0.1) is 0 Å². The van der Waals surface area contributed by atoms with Gasteiger partial charge in [-0.05, 0) is 38.2 Å². The zero-order valence-electron chi connectivity index (χ0n) is 18.0. The van der Waals surface area contributed by atoms with Crippen molar-refractivity contribution in [3.8, 4) is 0 Å². The first-order valence-corrected chi connectivity index (χ1v) is 10.3. The van der Waals surface area contributed by atoms with Crippen LogP contribution in [0.15, 0.2) is 24.3 Å². The maximum absolute atomic E-state index is 11.6. The molecular weight excluding hydrogens is 386 g/mol. The number of carboxylic acids is 2. The summed E-state index contributed by atoms with van der Waals surface area (Å²) in [5.41, 5.74) is 7.53. The lowest BCUT2D eigenvalue weighted by Crippen LogP contribution is -2.52. The van der Waals surface area contributed by atoms with Crippen LogP contribution in [0.3, 0.4) is 0 Å². The first-order valence-electron chi connectivity index (χ1n) is 10.3. The van der Waals surface area contributed by atoms with Gasteiger partial charge in [0.25, 0.3) is 0 Å². The molecule has 1 aromatic rings. The summed E-state index contributed by atoms with van der Waals surface area (Å²) in [6, 6.07) is 7.45. The summed E-state index contributed by atoms with van der Waals surface area (Å²) >= 11 is 0. The minimum Gasteiger partial charge on any atom is -0.480 e. The number of nitrogens with zero attached hydrogens (tertiary/aromatic N) is 4. The zero-order chi connectivity index (χ0) is 22.1. The molecule has 0 amide bonds. The minimum atomic E-state index is -0.878. The standard InChI is InChI=1S/C21H35N5O4/c1-23-7-8-24(2)10-12-26(16-21(29)30)19(13-17-3-5-18(22)6-4-17)14-25(11-9-23)15-20(27)28/h3-6,19H,7-16,22H2,1-2H3,(H,27,28)(H,29,30). The van der Waals surface area contributed by atoms with Gasteiger partial charge in [0.1, 0.15) is 0 Å². The number of aliphatic carboxylic acids is 2. The predicted molar refractivity (Wildman–Crippen MR) is 117 cm³/mol. The van der Waals surface area contributed by atoms with E-state index >= 15 is 0 Å². The van der Waals surface area contributed by atoms with Crippen molar-refractivity contribution >= 4 is 17.6 Å². The van der Waals surface area contributed by atoms with Gasteiger partial charge in [-0.25, -0.2) is 0 Å². The molecule has 0 aliphatic carbocycles. The van der Waals surface area contributed by atoms with Crippen LogP contribution in [0.5, 0.6) is 0 Å². The van der Waals surface area contributed by atoms with Crippen LogP contribution in [0.4, 0.5) is 5.69 Å². The number of nitrogens with two attached hydrogens (primary N) is 1. The maximum Gasteiger partial charge on any atom is 0.317 e. The Bertz CT molecular complexity index is 684. The number of benzene rings is 1. The van der Waals surface area contributed by atoms with Crippen molar-refractivity contribution in [3.63, 3.8) is 0 Å². The third-order valence-electron chi connectivity index (χ3n) is 5.56. The number of anilines is 1. The fourth-order valence-electron chi connectivity index (χ4n) is 3.70. The van der Waals surface area contributed by atoms with E-state index in [-0.39, 0.29) is 19.1 Å². The van der Waals surface area contributed by atoms with Crippen LogP contribution in [-0.2, 0) is 16.0 Å². The van der Waals surface area contributed by atoms with Gasteiger partial charge in [0.05, 0.1) is 13.1 Å². The number of hydrogen-bond acceptors (Lipinski definition) is 7. The molecule has 1 aromatic carbocycles. The average Bonchev–Trinajstić information content (AvgIpc) is 2.67. The van der Waals surface area contributed by atoms with Gasteiger partial charge in [0.15, 0.2) is 0 Å². The molecule has 1 saturated heterocycles.